The van der Waals surface area contributed by atoms with Gasteiger partial charge in [-0.05, 0) is 41.3 Å². The zero-order valence-electron chi connectivity index (χ0n) is 12.4. The predicted molar refractivity (Wildman–Crippen MR) is 87.3 cm³/mol. The minimum atomic E-state index is -0.0652. The van der Waals surface area contributed by atoms with Crippen LogP contribution in [-0.4, -0.2) is 47.4 Å². The highest BCUT2D eigenvalue weighted by Gasteiger charge is 2.27. The molecule has 0 radical (unpaired) electrons. The van der Waals surface area contributed by atoms with E-state index in [-0.39, 0.29) is 17.9 Å². The lowest BCUT2D eigenvalue weighted by atomic mass is 10.0. The standard InChI is InChI=1S/C15H21BrN4O2/c16-12-7-11(8-18-9-12)15(22)20-6-2-1-3-13(20)10-19-14(21)4-5-17/h7-9,13H,1-6,10,17H2,(H,19,21). The van der Waals surface area contributed by atoms with Crippen LogP contribution in [0, 0.1) is 0 Å². The number of rotatable bonds is 5. The topological polar surface area (TPSA) is 88.3 Å². The summed E-state index contributed by atoms with van der Waals surface area (Å²) in [5.41, 5.74) is 5.93. The number of nitrogens with one attached hydrogen (secondary N) is 1. The van der Waals surface area contributed by atoms with Crippen LogP contribution in [0.3, 0.4) is 0 Å². The van der Waals surface area contributed by atoms with Crippen LogP contribution in [0.1, 0.15) is 36.0 Å². The number of nitrogens with zero attached hydrogens (tertiary/aromatic N) is 2. The van der Waals surface area contributed by atoms with E-state index in [9.17, 15) is 9.59 Å². The van der Waals surface area contributed by atoms with Gasteiger partial charge in [-0.2, -0.15) is 0 Å². The van der Waals surface area contributed by atoms with Crippen molar-refractivity contribution >= 4 is 27.7 Å². The van der Waals surface area contributed by atoms with Crippen LogP contribution in [0.15, 0.2) is 22.9 Å². The molecule has 1 aliphatic rings. The lowest BCUT2D eigenvalue weighted by Gasteiger charge is -2.36. The Morgan fingerprint density at radius 1 is 1.41 bits per heavy atom. The average Bonchev–Trinajstić information content (AvgIpc) is 2.53. The van der Waals surface area contributed by atoms with Crippen molar-refractivity contribution in [3.63, 3.8) is 0 Å². The number of amides is 2. The Morgan fingerprint density at radius 3 is 2.95 bits per heavy atom. The first-order valence-corrected chi connectivity index (χ1v) is 8.29. The number of carbonyl (C=O) groups is 2. The van der Waals surface area contributed by atoms with Crippen molar-refractivity contribution in [3.8, 4) is 0 Å². The van der Waals surface area contributed by atoms with E-state index in [2.05, 4.69) is 26.2 Å². The van der Waals surface area contributed by atoms with E-state index in [1.807, 2.05) is 4.90 Å². The first-order chi connectivity index (χ1) is 10.6. The van der Waals surface area contributed by atoms with Crippen molar-refractivity contribution in [2.24, 2.45) is 5.73 Å². The Bertz CT molecular complexity index is 538. The van der Waals surface area contributed by atoms with Gasteiger partial charge < -0.3 is 16.0 Å². The Hall–Kier alpha value is -1.47. The van der Waals surface area contributed by atoms with Gasteiger partial charge in [0.2, 0.25) is 5.91 Å². The van der Waals surface area contributed by atoms with Gasteiger partial charge in [0.1, 0.15) is 0 Å². The number of carbonyl (C=O) groups excluding carboxylic acids is 2. The van der Waals surface area contributed by atoms with Gasteiger partial charge in [-0.3, -0.25) is 14.6 Å². The molecule has 0 spiro atoms. The fourth-order valence-electron chi connectivity index (χ4n) is 2.63. The summed E-state index contributed by atoms with van der Waals surface area (Å²) in [7, 11) is 0. The van der Waals surface area contributed by atoms with E-state index in [0.29, 0.717) is 31.6 Å². The third kappa shape index (κ3) is 4.51. The molecule has 22 heavy (non-hydrogen) atoms. The summed E-state index contributed by atoms with van der Waals surface area (Å²) in [5, 5.41) is 2.86. The van der Waals surface area contributed by atoms with Gasteiger partial charge in [0.15, 0.2) is 0 Å². The van der Waals surface area contributed by atoms with Gasteiger partial charge in [-0.1, -0.05) is 0 Å². The third-order valence-corrected chi connectivity index (χ3v) is 4.18. The minimum absolute atomic E-state index is 0.0296. The molecule has 1 unspecified atom stereocenters. The Morgan fingerprint density at radius 2 is 2.23 bits per heavy atom. The quantitative estimate of drug-likeness (QED) is 0.819. The number of hydrogen-bond acceptors (Lipinski definition) is 4. The molecule has 2 heterocycles. The summed E-state index contributed by atoms with van der Waals surface area (Å²) in [4.78, 5) is 30.1. The van der Waals surface area contributed by atoms with Crippen LogP contribution in [0.4, 0.5) is 0 Å². The van der Waals surface area contributed by atoms with E-state index >= 15 is 0 Å². The molecule has 1 atom stereocenters. The molecular formula is C15H21BrN4O2. The molecule has 1 fully saturated rings. The highest BCUT2D eigenvalue weighted by Crippen LogP contribution is 2.20. The summed E-state index contributed by atoms with van der Waals surface area (Å²) < 4.78 is 0.781. The van der Waals surface area contributed by atoms with Gasteiger partial charge in [0.25, 0.3) is 5.91 Å². The molecule has 6 nitrogen and oxygen atoms in total. The van der Waals surface area contributed by atoms with Gasteiger partial charge >= 0.3 is 0 Å². The summed E-state index contributed by atoms with van der Waals surface area (Å²) in [5.74, 6) is -0.101. The maximum atomic E-state index is 12.7. The van der Waals surface area contributed by atoms with Crippen LogP contribution in [0.2, 0.25) is 0 Å². The highest BCUT2D eigenvalue weighted by molar-refractivity contribution is 9.10. The van der Waals surface area contributed by atoms with Crippen molar-refractivity contribution in [2.75, 3.05) is 19.6 Å². The van der Waals surface area contributed by atoms with E-state index in [4.69, 9.17) is 5.73 Å². The number of aromatic nitrogens is 1. The summed E-state index contributed by atoms with van der Waals surface area (Å²) in [6.45, 7) is 1.53. The first-order valence-electron chi connectivity index (χ1n) is 7.50. The molecule has 1 aromatic rings. The number of nitrogens with two attached hydrogens (primary N) is 1. The van der Waals surface area contributed by atoms with E-state index < -0.39 is 0 Å². The molecule has 0 aromatic carbocycles. The molecule has 2 amide bonds. The first kappa shape index (κ1) is 16.9. The molecule has 120 valence electrons. The Labute approximate surface area is 138 Å². The molecule has 7 heteroatoms. The molecule has 0 saturated carbocycles. The van der Waals surface area contributed by atoms with Gasteiger partial charge in [-0.15, -0.1) is 0 Å². The summed E-state index contributed by atoms with van der Waals surface area (Å²) >= 11 is 3.33. The van der Waals surface area contributed by atoms with Crippen LogP contribution >= 0.6 is 15.9 Å². The summed E-state index contributed by atoms with van der Waals surface area (Å²) in [6, 6.07) is 1.80. The van der Waals surface area contributed by atoms with Gasteiger partial charge in [0.05, 0.1) is 5.56 Å². The molecule has 2 rings (SSSR count). The van der Waals surface area contributed by atoms with Crippen LogP contribution in [0.25, 0.3) is 0 Å². The maximum Gasteiger partial charge on any atom is 0.255 e. The fraction of sp³-hybridized carbons (Fsp3) is 0.533. The van der Waals surface area contributed by atoms with Crippen LogP contribution in [-0.2, 0) is 4.79 Å². The summed E-state index contributed by atoms with van der Waals surface area (Å²) in [6.07, 6.45) is 6.49. The number of piperidine rings is 1. The van der Waals surface area contributed by atoms with E-state index in [1.165, 1.54) is 0 Å². The molecule has 3 N–H and O–H groups in total. The zero-order chi connectivity index (χ0) is 15.9. The molecule has 1 aromatic heterocycles. The largest absolute Gasteiger partial charge is 0.354 e. The minimum Gasteiger partial charge on any atom is -0.354 e. The molecular weight excluding hydrogens is 348 g/mol. The smallest absolute Gasteiger partial charge is 0.255 e. The second kappa shape index (κ2) is 8.24. The number of hydrogen-bond donors (Lipinski definition) is 2. The molecule has 0 aliphatic carbocycles. The second-order valence-corrected chi connectivity index (χ2v) is 6.30. The lowest BCUT2D eigenvalue weighted by Crippen LogP contribution is -2.49. The van der Waals surface area contributed by atoms with Crippen molar-refractivity contribution < 1.29 is 9.59 Å². The third-order valence-electron chi connectivity index (χ3n) is 3.75. The fourth-order valence-corrected chi connectivity index (χ4v) is 2.99. The van der Waals surface area contributed by atoms with Crippen molar-refractivity contribution in [1.82, 2.24) is 15.2 Å². The zero-order valence-corrected chi connectivity index (χ0v) is 14.0. The Balaban J connectivity index is 2.02. The molecule has 1 aliphatic heterocycles. The second-order valence-electron chi connectivity index (χ2n) is 5.38. The van der Waals surface area contributed by atoms with Crippen molar-refractivity contribution in [3.05, 3.63) is 28.5 Å². The van der Waals surface area contributed by atoms with E-state index in [0.717, 1.165) is 23.7 Å². The number of likely N-dealkylation sites (tertiary alicyclic amines) is 1. The normalized spacial score (nSPS) is 18.1. The molecule has 1 saturated heterocycles. The SMILES string of the molecule is NCCC(=O)NCC1CCCCN1C(=O)c1cncc(Br)c1. The lowest BCUT2D eigenvalue weighted by molar-refractivity contribution is -0.121. The van der Waals surface area contributed by atoms with E-state index in [1.54, 1.807) is 18.5 Å². The van der Waals surface area contributed by atoms with Gasteiger partial charge in [0, 0.05) is 49.0 Å². The van der Waals surface area contributed by atoms with Crippen LogP contribution in [0.5, 0.6) is 0 Å². The number of pyridine rings is 1. The molecule has 0 bridgehead atoms. The van der Waals surface area contributed by atoms with Crippen LogP contribution < -0.4 is 11.1 Å². The number of halogens is 1. The van der Waals surface area contributed by atoms with Gasteiger partial charge in [-0.25, -0.2) is 0 Å². The maximum absolute atomic E-state index is 12.7. The monoisotopic (exact) mass is 368 g/mol. The average molecular weight is 369 g/mol. The highest BCUT2D eigenvalue weighted by atomic mass is 79.9. The van der Waals surface area contributed by atoms with Crippen molar-refractivity contribution in [1.29, 1.82) is 0 Å². The van der Waals surface area contributed by atoms with Crippen molar-refractivity contribution in [2.45, 2.75) is 31.7 Å². The predicted octanol–water partition coefficient (Wildman–Crippen LogP) is 1.30. The Kier molecular flexibility index (Phi) is 6.33.